The van der Waals surface area contributed by atoms with Crippen molar-refractivity contribution in [3.8, 4) is 5.75 Å². The van der Waals surface area contributed by atoms with E-state index in [1.165, 1.54) is 36.3 Å². The maximum Gasteiger partial charge on any atom is 0.323 e. The van der Waals surface area contributed by atoms with Gasteiger partial charge in [0.05, 0.1) is 25.2 Å². The van der Waals surface area contributed by atoms with Crippen molar-refractivity contribution in [3.05, 3.63) is 60.2 Å². The minimum Gasteiger partial charge on any atom is -0.497 e. The van der Waals surface area contributed by atoms with Crippen molar-refractivity contribution in [3.63, 3.8) is 0 Å². The Balaban J connectivity index is 1.79. The zero-order valence-electron chi connectivity index (χ0n) is 20.9. The van der Waals surface area contributed by atoms with Crippen LogP contribution < -0.4 is 10.1 Å². The molecule has 0 saturated carbocycles. The van der Waals surface area contributed by atoms with E-state index in [2.05, 4.69) is 5.32 Å². The third-order valence-corrected chi connectivity index (χ3v) is 8.08. The van der Waals surface area contributed by atoms with Gasteiger partial charge in [-0.2, -0.15) is 0 Å². The van der Waals surface area contributed by atoms with Gasteiger partial charge >= 0.3 is 5.97 Å². The number of methoxy groups -OCH3 is 1. The summed E-state index contributed by atoms with van der Waals surface area (Å²) in [6, 6.07) is 14.4. The molecule has 2 atom stereocenters. The largest absolute Gasteiger partial charge is 0.497 e. The first-order valence-electron chi connectivity index (χ1n) is 11.9. The Kier molecular flexibility index (Phi) is 9.86. The number of rotatable bonds is 11. The Morgan fingerprint density at radius 1 is 1.03 bits per heavy atom. The summed E-state index contributed by atoms with van der Waals surface area (Å²) >= 11 is 0. The molecule has 1 N–H and O–H groups in total. The summed E-state index contributed by atoms with van der Waals surface area (Å²) in [5.41, 5.74) is 0.843. The number of benzene rings is 2. The molecule has 1 aliphatic heterocycles. The van der Waals surface area contributed by atoms with E-state index in [9.17, 15) is 18.0 Å². The van der Waals surface area contributed by atoms with Crippen LogP contribution in [0.25, 0.3) is 0 Å². The predicted molar refractivity (Wildman–Crippen MR) is 134 cm³/mol. The van der Waals surface area contributed by atoms with Gasteiger partial charge in [0, 0.05) is 19.6 Å². The molecule has 2 aromatic carbocycles. The lowest BCUT2D eigenvalue weighted by Crippen LogP contribution is -2.54. The minimum atomic E-state index is -4.08. The molecule has 9 nitrogen and oxygen atoms in total. The van der Waals surface area contributed by atoms with E-state index in [-0.39, 0.29) is 24.0 Å². The van der Waals surface area contributed by atoms with Gasteiger partial charge in [-0.05, 0) is 35.7 Å². The van der Waals surface area contributed by atoms with Gasteiger partial charge in [0.2, 0.25) is 5.91 Å². The van der Waals surface area contributed by atoms with Gasteiger partial charge < -0.3 is 24.4 Å². The zero-order valence-corrected chi connectivity index (χ0v) is 21.7. The summed E-state index contributed by atoms with van der Waals surface area (Å²) in [7, 11) is -2.59. The highest BCUT2D eigenvalue weighted by molar-refractivity contribution is 7.92. The van der Waals surface area contributed by atoms with E-state index in [0.29, 0.717) is 32.1 Å². The first-order chi connectivity index (χ1) is 17.2. The molecule has 0 spiro atoms. The molecule has 2 aromatic rings. The number of nitrogens with one attached hydrogen (secondary N) is 1. The van der Waals surface area contributed by atoms with Crippen molar-refractivity contribution in [1.29, 1.82) is 0 Å². The number of sulfone groups is 1. The molecule has 10 heteroatoms. The third-order valence-electron chi connectivity index (χ3n) is 6.03. The van der Waals surface area contributed by atoms with Gasteiger partial charge in [0.15, 0.2) is 15.1 Å². The molecule has 196 valence electrons. The average Bonchev–Trinajstić information content (AvgIpc) is 2.90. The van der Waals surface area contributed by atoms with Crippen LogP contribution in [0.4, 0.5) is 0 Å². The molecule has 1 heterocycles. The lowest BCUT2D eigenvalue weighted by atomic mass is 10.0. The number of esters is 1. The van der Waals surface area contributed by atoms with Gasteiger partial charge in [-0.1, -0.05) is 44.2 Å². The smallest absolute Gasteiger partial charge is 0.323 e. The van der Waals surface area contributed by atoms with Crippen molar-refractivity contribution in [2.45, 2.75) is 36.6 Å². The number of ether oxygens (including phenoxy) is 3. The molecule has 1 aliphatic rings. The van der Waals surface area contributed by atoms with Crippen LogP contribution in [0.5, 0.6) is 5.75 Å². The highest BCUT2D eigenvalue weighted by atomic mass is 32.2. The topological polar surface area (TPSA) is 111 Å². The molecule has 0 bridgehead atoms. The second-order valence-corrected chi connectivity index (χ2v) is 11.0. The molecule has 1 fully saturated rings. The van der Waals surface area contributed by atoms with Gasteiger partial charge in [-0.25, -0.2) is 8.42 Å². The van der Waals surface area contributed by atoms with Crippen molar-refractivity contribution in [1.82, 2.24) is 10.2 Å². The Morgan fingerprint density at radius 2 is 1.67 bits per heavy atom. The molecule has 0 aromatic heterocycles. The van der Waals surface area contributed by atoms with Crippen molar-refractivity contribution < 1.29 is 32.2 Å². The second-order valence-electron chi connectivity index (χ2n) is 8.87. The summed E-state index contributed by atoms with van der Waals surface area (Å²) in [5.74, 6) is -0.727. The number of nitrogens with zero attached hydrogens (tertiary/aromatic N) is 1. The minimum absolute atomic E-state index is 0.00413. The van der Waals surface area contributed by atoms with Crippen LogP contribution in [0.3, 0.4) is 0 Å². The Bertz CT molecular complexity index is 1100. The fourth-order valence-electron chi connectivity index (χ4n) is 3.89. The van der Waals surface area contributed by atoms with Gasteiger partial charge in [0.1, 0.15) is 18.4 Å². The molecule has 1 saturated heterocycles. The number of hydrogen-bond acceptors (Lipinski definition) is 8. The van der Waals surface area contributed by atoms with Crippen molar-refractivity contribution in [2.75, 3.05) is 40.0 Å². The van der Waals surface area contributed by atoms with E-state index in [1.807, 2.05) is 44.2 Å². The first-order valence-corrected chi connectivity index (χ1v) is 13.5. The Labute approximate surface area is 212 Å². The summed E-state index contributed by atoms with van der Waals surface area (Å²) in [6.07, 6.45) is 0. The molecule has 1 unspecified atom stereocenters. The highest BCUT2D eigenvalue weighted by Crippen LogP contribution is 2.22. The third kappa shape index (κ3) is 7.05. The van der Waals surface area contributed by atoms with Crippen molar-refractivity contribution >= 4 is 21.7 Å². The maximum atomic E-state index is 13.6. The lowest BCUT2D eigenvalue weighted by Gasteiger charge is -2.31. The second kappa shape index (κ2) is 12.8. The standard InChI is InChI=1S/C26H34N2O7S/c1-19(2)24(26(30)35-18-20-7-5-4-6-8-20)27-17-23(25(29)28-13-15-34-16-14-28)36(31,32)22-11-9-21(33-3)10-12-22/h4-12,19,23-24,27H,13-18H2,1-3H3/t23?,24-/m1/s1. The number of carbonyl (C=O) groups is 2. The van der Waals surface area contributed by atoms with E-state index < -0.39 is 33.0 Å². The molecule has 1 amide bonds. The van der Waals surface area contributed by atoms with Crippen LogP contribution in [0.2, 0.25) is 0 Å². The molecule has 0 aliphatic carbocycles. The van der Waals surface area contributed by atoms with Crippen molar-refractivity contribution in [2.24, 2.45) is 5.92 Å². The fraction of sp³-hybridized carbons (Fsp3) is 0.462. The highest BCUT2D eigenvalue weighted by Gasteiger charge is 2.38. The molecule has 36 heavy (non-hydrogen) atoms. The first kappa shape index (κ1) is 27.6. The van der Waals surface area contributed by atoms with Gasteiger partial charge in [0.25, 0.3) is 0 Å². The molecular weight excluding hydrogens is 484 g/mol. The van der Waals surface area contributed by atoms with Crippen LogP contribution in [-0.4, -0.2) is 76.4 Å². The molecule has 0 radical (unpaired) electrons. The van der Waals surface area contributed by atoms with E-state index in [1.54, 1.807) is 0 Å². The molecular formula is C26H34N2O7S. The Morgan fingerprint density at radius 3 is 2.25 bits per heavy atom. The zero-order chi connectivity index (χ0) is 26.1. The normalized spacial score (nSPS) is 15.8. The summed E-state index contributed by atoms with van der Waals surface area (Å²) < 4.78 is 43.1. The SMILES string of the molecule is COc1ccc(S(=O)(=O)C(CN[C@@H](C(=O)OCc2ccccc2)C(C)C)C(=O)N2CCOCC2)cc1. The fourth-order valence-corrected chi connectivity index (χ4v) is 5.46. The molecule has 3 rings (SSSR count). The van der Waals surface area contributed by atoms with Gasteiger partial charge in [-0.3, -0.25) is 9.59 Å². The number of morpholine rings is 1. The van der Waals surface area contributed by atoms with E-state index in [4.69, 9.17) is 14.2 Å². The number of carbonyl (C=O) groups excluding carboxylic acids is 2. The number of amides is 1. The van der Waals surface area contributed by atoms with Crippen LogP contribution >= 0.6 is 0 Å². The summed E-state index contributed by atoms with van der Waals surface area (Å²) in [4.78, 5) is 27.8. The number of hydrogen-bond donors (Lipinski definition) is 1. The van der Waals surface area contributed by atoms with Crippen LogP contribution in [-0.2, 0) is 35.5 Å². The quantitative estimate of drug-likeness (QED) is 0.450. The maximum absolute atomic E-state index is 13.6. The monoisotopic (exact) mass is 518 g/mol. The predicted octanol–water partition coefficient (Wildman–Crippen LogP) is 2.05. The van der Waals surface area contributed by atoms with Crippen LogP contribution in [0.15, 0.2) is 59.5 Å². The van der Waals surface area contributed by atoms with E-state index >= 15 is 0 Å². The van der Waals surface area contributed by atoms with Crippen LogP contribution in [0.1, 0.15) is 19.4 Å². The average molecular weight is 519 g/mol. The van der Waals surface area contributed by atoms with Gasteiger partial charge in [-0.15, -0.1) is 0 Å². The summed E-state index contributed by atoms with van der Waals surface area (Å²) in [6.45, 7) is 4.82. The summed E-state index contributed by atoms with van der Waals surface area (Å²) in [5, 5.41) is 1.59. The van der Waals surface area contributed by atoms with E-state index in [0.717, 1.165) is 5.56 Å². The van der Waals surface area contributed by atoms with Crippen LogP contribution in [0, 0.1) is 5.92 Å². The Hall–Kier alpha value is -2.95. The lowest BCUT2D eigenvalue weighted by molar-refractivity contribution is -0.149.